The van der Waals surface area contributed by atoms with Gasteiger partial charge in [0.1, 0.15) is 11.8 Å². The zero-order valence-electron chi connectivity index (χ0n) is 18.6. The molecule has 11 heteroatoms. The fourth-order valence-corrected chi connectivity index (χ4v) is 6.10. The van der Waals surface area contributed by atoms with E-state index < -0.39 is 27.9 Å². The van der Waals surface area contributed by atoms with Gasteiger partial charge in [-0.05, 0) is 49.2 Å². The van der Waals surface area contributed by atoms with Crippen LogP contribution in [0.25, 0.3) is 11.3 Å². The summed E-state index contributed by atoms with van der Waals surface area (Å²) in [5.41, 5.74) is 1.83. The van der Waals surface area contributed by atoms with Gasteiger partial charge in [0.25, 0.3) is 0 Å². The fourth-order valence-electron chi connectivity index (χ4n) is 3.72. The average molecular weight is 502 g/mol. The molecule has 1 fully saturated rings. The summed E-state index contributed by atoms with van der Waals surface area (Å²) in [4.78, 5) is 29.1. The molecular formula is C23H23N3O6S2. The van der Waals surface area contributed by atoms with Crippen LogP contribution in [0.5, 0.6) is 5.75 Å². The van der Waals surface area contributed by atoms with E-state index in [1.165, 1.54) is 42.0 Å². The molecule has 1 unspecified atom stereocenters. The van der Waals surface area contributed by atoms with Crippen LogP contribution in [0, 0.1) is 0 Å². The Morgan fingerprint density at radius 3 is 2.44 bits per heavy atom. The Hall–Kier alpha value is -3.28. The highest BCUT2D eigenvalue weighted by Gasteiger charge is 2.39. The van der Waals surface area contributed by atoms with Crippen LogP contribution in [0.4, 0.5) is 5.13 Å². The molecule has 0 bridgehead atoms. The van der Waals surface area contributed by atoms with Gasteiger partial charge in [0.2, 0.25) is 15.9 Å². The largest absolute Gasteiger partial charge is 0.497 e. The molecule has 0 spiro atoms. The Morgan fingerprint density at radius 1 is 1.09 bits per heavy atom. The second kappa shape index (κ2) is 9.92. The summed E-state index contributed by atoms with van der Waals surface area (Å²) < 4.78 is 37.3. The van der Waals surface area contributed by atoms with E-state index in [0.29, 0.717) is 35.0 Å². The summed E-state index contributed by atoms with van der Waals surface area (Å²) in [5.74, 6) is -0.297. The van der Waals surface area contributed by atoms with Gasteiger partial charge >= 0.3 is 5.97 Å². The Labute approximate surface area is 201 Å². The third-order valence-electron chi connectivity index (χ3n) is 5.51. The number of rotatable bonds is 7. The van der Waals surface area contributed by atoms with E-state index in [-0.39, 0.29) is 11.4 Å². The van der Waals surface area contributed by atoms with Gasteiger partial charge < -0.3 is 14.8 Å². The minimum atomic E-state index is -3.84. The Morgan fingerprint density at radius 2 is 1.79 bits per heavy atom. The van der Waals surface area contributed by atoms with Crippen molar-refractivity contribution in [2.75, 3.05) is 26.1 Å². The number of methoxy groups -OCH3 is 2. The summed E-state index contributed by atoms with van der Waals surface area (Å²) in [6, 6.07) is 12.0. The molecule has 9 nitrogen and oxygen atoms in total. The third-order valence-corrected chi connectivity index (χ3v) is 8.19. The Kier molecular flexibility index (Phi) is 6.96. The molecule has 178 valence electrons. The van der Waals surface area contributed by atoms with Crippen LogP contribution in [0.2, 0.25) is 0 Å². The summed E-state index contributed by atoms with van der Waals surface area (Å²) >= 11 is 1.24. The lowest BCUT2D eigenvalue weighted by Crippen LogP contribution is -2.43. The number of carbonyl (C=O) groups is 2. The minimum Gasteiger partial charge on any atom is -0.497 e. The van der Waals surface area contributed by atoms with Gasteiger partial charge in [-0.1, -0.05) is 12.1 Å². The van der Waals surface area contributed by atoms with Gasteiger partial charge in [0.15, 0.2) is 5.13 Å². The molecule has 1 aromatic heterocycles. The third kappa shape index (κ3) is 4.81. The molecule has 2 heterocycles. The van der Waals surface area contributed by atoms with Gasteiger partial charge in [0, 0.05) is 17.5 Å². The molecule has 1 saturated heterocycles. The monoisotopic (exact) mass is 501 g/mol. The van der Waals surface area contributed by atoms with Crippen molar-refractivity contribution in [1.82, 2.24) is 9.29 Å². The fraction of sp³-hybridized carbons (Fsp3) is 0.261. The molecule has 3 aromatic rings. The minimum absolute atomic E-state index is 0.111. The van der Waals surface area contributed by atoms with Gasteiger partial charge in [-0.15, -0.1) is 11.3 Å². The summed E-state index contributed by atoms with van der Waals surface area (Å²) in [7, 11) is -1.01. The molecular weight excluding hydrogens is 478 g/mol. The smallest absolute Gasteiger partial charge is 0.337 e. The highest BCUT2D eigenvalue weighted by atomic mass is 32.2. The van der Waals surface area contributed by atoms with Crippen molar-refractivity contribution in [2.45, 2.75) is 23.8 Å². The Balaban J connectivity index is 1.47. The van der Waals surface area contributed by atoms with E-state index in [1.807, 2.05) is 0 Å². The van der Waals surface area contributed by atoms with Crippen LogP contribution in [0.1, 0.15) is 23.2 Å². The molecule has 34 heavy (non-hydrogen) atoms. The molecule has 1 aliphatic heterocycles. The van der Waals surface area contributed by atoms with Gasteiger partial charge in [-0.3, -0.25) is 4.79 Å². The first-order valence-electron chi connectivity index (χ1n) is 10.4. The molecule has 1 N–H and O–H groups in total. The number of nitrogens with zero attached hydrogens (tertiary/aromatic N) is 2. The summed E-state index contributed by atoms with van der Waals surface area (Å²) in [6.07, 6.45) is 1.01. The quantitative estimate of drug-likeness (QED) is 0.494. The molecule has 4 rings (SSSR count). The number of thiazole rings is 1. The van der Waals surface area contributed by atoms with Crippen molar-refractivity contribution in [3.63, 3.8) is 0 Å². The SMILES string of the molecule is COC(=O)c1ccc(-c2csc(NC(=O)C3CCCN3S(=O)(=O)c3ccc(OC)cc3)n2)cc1. The molecule has 0 aliphatic carbocycles. The number of anilines is 1. The molecule has 2 aromatic carbocycles. The van der Waals surface area contributed by atoms with Crippen LogP contribution in [0.3, 0.4) is 0 Å². The van der Waals surface area contributed by atoms with E-state index in [9.17, 15) is 18.0 Å². The first kappa shape index (κ1) is 23.9. The number of nitrogens with one attached hydrogen (secondary N) is 1. The topological polar surface area (TPSA) is 115 Å². The zero-order chi connectivity index (χ0) is 24.3. The summed E-state index contributed by atoms with van der Waals surface area (Å²) in [6.45, 7) is 0.266. The van der Waals surface area contributed by atoms with E-state index in [4.69, 9.17) is 9.47 Å². The number of sulfonamides is 1. The average Bonchev–Trinajstić information content (AvgIpc) is 3.54. The number of benzene rings is 2. The predicted molar refractivity (Wildman–Crippen MR) is 127 cm³/mol. The lowest BCUT2D eigenvalue weighted by molar-refractivity contribution is -0.119. The van der Waals surface area contributed by atoms with Crippen molar-refractivity contribution in [3.8, 4) is 17.0 Å². The number of aromatic nitrogens is 1. The molecule has 1 atom stereocenters. The number of carbonyl (C=O) groups excluding carboxylic acids is 2. The van der Waals surface area contributed by atoms with Crippen molar-refractivity contribution >= 4 is 38.4 Å². The van der Waals surface area contributed by atoms with Crippen LogP contribution in [0.15, 0.2) is 58.8 Å². The highest BCUT2D eigenvalue weighted by Crippen LogP contribution is 2.30. The number of hydrogen-bond acceptors (Lipinski definition) is 8. The van der Waals surface area contributed by atoms with Gasteiger partial charge in [0.05, 0.1) is 30.4 Å². The predicted octanol–water partition coefficient (Wildman–Crippen LogP) is 3.40. The lowest BCUT2D eigenvalue weighted by atomic mass is 10.1. The van der Waals surface area contributed by atoms with Crippen molar-refractivity contribution in [2.24, 2.45) is 0 Å². The van der Waals surface area contributed by atoms with Crippen molar-refractivity contribution < 1.29 is 27.5 Å². The molecule has 1 amide bonds. The second-order valence-corrected chi connectivity index (χ2v) is 10.3. The maximum atomic E-state index is 13.1. The number of ether oxygens (including phenoxy) is 2. The molecule has 0 saturated carbocycles. The first-order chi connectivity index (χ1) is 16.3. The highest BCUT2D eigenvalue weighted by molar-refractivity contribution is 7.89. The molecule has 1 aliphatic rings. The number of hydrogen-bond donors (Lipinski definition) is 1. The molecule has 0 radical (unpaired) electrons. The van der Waals surface area contributed by atoms with Gasteiger partial charge in [-0.25, -0.2) is 18.2 Å². The lowest BCUT2D eigenvalue weighted by Gasteiger charge is -2.23. The van der Waals surface area contributed by atoms with Crippen molar-refractivity contribution in [3.05, 3.63) is 59.5 Å². The van der Waals surface area contributed by atoms with E-state index >= 15 is 0 Å². The van der Waals surface area contributed by atoms with Crippen LogP contribution in [-0.2, 0) is 19.6 Å². The van der Waals surface area contributed by atoms with E-state index in [0.717, 1.165) is 5.56 Å². The second-order valence-electron chi connectivity index (χ2n) is 7.55. The van der Waals surface area contributed by atoms with E-state index in [2.05, 4.69) is 10.3 Å². The first-order valence-corrected chi connectivity index (χ1v) is 12.8. The van der Waals surface area contributed by atoms with Gasteiger partial charge in [-0.2, -0.15) is 4.31 Å². The normalized spacial score (nSPS) is 16.2. The maximum absolute atomic E-state index is 13.1. The summed E-state index contributed by atoms with van der Waals surface area (Å²) in [5, 5.41) is 4.90. The zero-order valence-corrected chi connectivity index (χ0v) is 20.2. The van der Waals surface area contributed by atoms with E-state index in [1.54, 1.807) is 41.8 Å². The van der Waals surface area contributed by atoms with Crippen molar-refractivity contribution in [1.29, 1.82) is 0 Å². The maximum Gasteiger partial charge on any atom is 0.337 e. The standard InChI is InChI=1S/C23H23N3O6S2/c1-31-17-9-11-18(12-10-17)34(29,30)26-13-3-4-20(26)21(27)25-23-24-19(14-33-23)15-5-7-16(8-6-15)22(28)32-2/h5-12,14,20H,3-4,13H2,1-2H3,(H,24,25,27). The van der Waals surface area contributed by atoms with Crippen LogP contribution < -0.4 is 10.1 Å². The number of esters is 1. The Bertz CT molecular complexity index is 1290. The van der Waals surface area contributed by atoms with Crippen LogP contribution >= 0.6 is 11.3 Å². The van der Waals surface area contributed by atoms with Crippen LogP contribution in [-0.4, -0.2) is 56.4 Å². The number of amides is 1.